The highest BCUT2D eigenvalue weighted by molar-refractivity contribution is 5.92. The summed E-state index contributed by atoms with van der Waals surface area (Å²) in [5, 5.41) is 11.8. The van der Waals surface area contributed by atoms with Crippen LogP contribution in [0.2, 0.25) is 0 Å². The second-order valence-corrected chi connectivity index (χ2v) is 4.44. The summed E-state index contributed by atoms with van der Waals surface area (Å²) in [6.07, 6.45) is 0.847. The second-order valence-electron chi connectivity index (χ2n) is 4.44. The molecular formula is C14H11N. The molecule has 2 aromatic rings. The molecule has 0 saturated heterocycles. The molecule has 1 unspecified atom stereocenters. The van der Waals surface area contributed by atoms with Crippen molar-refractivity contribution in [3.63, 3.8) is 0 Å². The summed E-state index contributed by atoms with van der Waals surface area (Å²) in [5.41, 5.74) is 2.17. The third kappa shape index (κ3) is 0.966. The van der Waals surface area contributed by atoms with E-state index in [-0.39, 0.29) is 5.41 Å². The predicted molar refractivity (Wildman–Crippen MR) is 60.6 cm³/mol. The van der Waals surface area contributed by atoms with Crippen molar-refractivity contribution in [3.05, 3.63) is 47.5 Å². The first-order valence-electron chi connectivity index (χ1n) is 5.17. The predicted octanol–water partition coefficient (Wildman–Crippen LogP) is 3.18. The zero-order valence-electron chi connectivity index (χ0n) is 8.62. The third-order valence-electron chi connectivity index (χ3n) is 3.38. The number of nitrogens with zero attached hydrogens (tertiary/aromatic N) is 1. The Morgan fingerprint density at radius 1 is 1.20 bits per heavy atom. The molecule has 0 amide bonds. The Morgan fingerprint density at radius 2 is 1.93 bits per heavy atom. The van der Waals surface area contributed by atoms with Gasteiger partial charge in [-0.3, -0.25) is 0 Å². The van der Waals surface area contributed by atoms with Crippen LogP contribution in [0.25, 0.3) is 10.8 Å². The molecular weight excluding hydrogens is 182 g/mol. The van der Waals surface area contributed by atoms with Crippen LogP contribution in [0.4, 0.5) is 0 Å². The van der Waals surface area contributed by atoms with Crippen LogP contribution in [-0.2, 0) is 11.8 Å². The molecule has 0 bridgehead atoms. The van der Waals surface area contributed by atoms with Gasteiger partial charge in [0.1, 0.15) is 0 Å². The fourth-order valence-electron chi connectivity index (χ4n) is 2.60. The van der Waals surface area contributed by atoms with Crippen molar-refractivity contribution in [3.8, 4) is 6.07 Å². The van der Waals surface area contributed by atoms with Crippen LogP contribution in [-0.4, -0.2) is 0 Å². The minimum atomic E-state index is -0.330. The van der Waals surface area contributed by atoms with Gasteiger partial charge >= 0.3 is 0 Å². The van der Waals surface area contributed by atoms with E-state index < -0.39 is 0 Å². The molecule has 0 spiro atoms. The van der Waals surface area contributed by atoms with E-state index in [4.69, 9.17) is 0 Å². The van der Waals surface area contributed by atoms with Crippen LogP contribution in [0.1, 0.15) is 18.1 Å². The van der Waals surface area contributed by atoms with Crippen LogP contribution < -0.4 is 0 Å². The summed E-state index contributed by atoms with van der Waals surface area (Å²) in [6.45, 7) is 2.03. The highest BCUT2D eigenvalue weighted by Crippen LogP contribution is 2.41. The van der Waals surface area contributed by atoms with E-state index in [0.717, 1.165) is 6.42 Å². The Balaban J connectivity index is 2.48. The zero-order valence-corrected chi connectivity index (χ0v) is 8.62. The van der Waals surface area contributed by atoms with Crippen molar-refractivity contribution < 1.29 is 0 Å². The molecule has 1 aliphatic carbocycles. The topological polar surface area (TPSA) is 23.8 Å². The first kappa shape index (κ1) is 8.49. The van der Waals surface area contributed by atoms with E-state index in [0.29, 0.717) is 0 Å². The minimum Gasteiger partial charge on any atom is -0.197 e. The monoisotopic (exact) mass is 193 g/mol. The molecule has 0 aliphatic heterocycles. The van der Waals surface area contributed by atoms with Crippen LogP contribution in [0.15, 0.2) is 36.4 Å². The van der Waals surface area contributed by atoms with E-state index in [1.165, 1.54) is 21.9 Å². The molecule has 1 atom stereocenters. The normalized spacial score (nSPS) is 22.9. The number of rotatable bonds is 0. The van der Waals surface area contributed by atoms with Crippen molar-refractivity contribution in [1.82, 2.24) is 0 Å². The van der Waals surface area contributed by atoms with Crippen molar-refractivity contribution in [2.75, 3.05) is 0 Å². The lowest BCUT2D eigenvalue weighted by molar-refractivity contribution is 0.635. The highest BCUT2D eigenvalue weighted by atomic mass is 14.4. The largest absolute Gasteiger partial charge is 0.197 e. The van der Waals surface area contributed by atoms with Gasteiger partial charge in [-0.25, -0.2) is 0 Å². The van der Waals surface area contributed by atoms with Crippen LogP contribution in [0.5, 0.6) is 0 Å². The molecule has 15 heavy (non-hydrogen) atoms. The lowest BCUT2D eigenvalue weighted by Crippen LogP contribution is -2.17. The maximum Gasteiger partial charge on any atom is 0.0840 e. The molecule has 0 radical (unpaired) electrons. The van der Waals surface area contributed by atoms with E-state index in [2.05, 4.69) is 36.4 Å². The van der Waals surface area contributed by atoms with E-state index >= 15 is 0 Å². The summed E-state index contributed by atoms with van der Waals surface area (Å²) >= 11 is 0. The van der Waals surface area contributed by atoms with Crippen molar-refractivity contribution in [2.24, 2.45) is 0 Å². The van der Waals surface area contributed by atoms with Gasteiger partial charge in [0.05, 0.1) is 11.5 Å². The second kappa shape index (κ2) is 2.61. The maximum absolute atomic E-state index is 9.30. The Morgan fingerprint density at radius 3 is 2.67 bits per heavy atom. The number of nitriles is 1. The molecule has 0 heterocycles. The fraction of sp³-hybridized carbons (Fsp3) is 0.214. The summed E-state index contributed by atoms with van der Waals surface area (Å²) in [4.78, 5) is 0. The van der Waals surface area contributed by atoms with Crippen LogP contribution >= 0.6 is 0 Å². The smallest absolute Gasteiger partial charge is 0.0840 e. The average Bonchev–Trinajstić information content (AvgIpc) is 2.56. The van der Waals surface area contributed by atoms with Crippen molar-refractivity contribution >= 4 is 10.8 Å². The van der Waals surface area contributed by atoms with Gasteiger partial charge in [0, 0.05) is 0 Å². The van der Waals surface area contributed by atoms with Gasteiger partial charge in [0.15, 0.2) is 0 Å². The van der Waals surface area contributed by atoms with Crippen molar-refractivity contribution in [2.45, 2.75) is 18.8 Å². The van der Waals surface area contributed by atoms with E-state index in [9.17, 15) is 5.26 Å². The fourth-order valence-corrected chi connectivity index (χ4v) is 2.60. The van der Waals surface area contributed by atoms with Crippen LogP contribution in [0, 0.1) is 11.3 Å². The molecule has 3 rings (SSSR count). The Hall–Kier alpha value is -1.81. The zero-order chi connectivity index (χ0) is 10.5. The number of benzene rings is 2. The van der Waals surface area contributed by atoms with E-state index in [1.807, 2.05) is 13.0 Å². The average molecular weight is 193 g/mol. The lowest BCUT2D eigenvalue weighted by Gasteiger charge is -2.14. The first-order chi connectivity index (χ1) is 7.24. The quantitative estimate of drug-likeness (QED) is 0.630. The van der Waals surface area contributed by atoms with Gasteiger partial charge in [0.25, 0.3) is 0 Å². The molecule has 1 heteroatoms. The third-order valence-corrected chi connectivity index (χ3v) is 3.38. The lowest BCUT2D eigenvalue weighted by atomic mass is 9.85. The summed E-state index contributed by atoms with van der Waals surface area (Å²) in [5.74, 6) is 0. The Labute approximate surface area is 89.0 Å². The highest BCUT2D eigenvalue weighted by Gasteiger charge is 2.35. The van der Waals surface area contributed by atoms with Gasteiger partial charge in [-0.2, -0.15) is 5.26 Å². The van der Waals surface area contributed by atoms with E-state index in [1.54, 1.807) is 0 Å². The summed E-state index contributed by atoms with van der Waals surface area (Å²) in [7, 11) is 0. The molecule has 0 aromatic heterocycles. The van der Waals surface area contributed by atoms with Crippen molar-refractivity contribution in [1.29, 1.82) is 5.26 Å². The minimum absolute atomic E-state index is 0.330. The molecule has 0 fully saturated rings. The van der Waals surface area contributed by atoms with Gasteiger partial charge in [-0.1, -0.05) is 36.4 Å². The number of hydrogen-bond acceptors (Lipinski definition) is 1. The van der Waals surface area contributed by atoms with Crippen LogP contribution in [0.3, 0.4) is 0 Å². The van der Waals surface area contributed by atoms with Gasteiger partial charge in [-0.05, 0) is 35.2 Å². The summed E-state index contributed by atoms with van der Waals surface area (Å²) in [6, 6.07) is 15.0. The summed E-state index contributed by atoms with van der Waals surface area (Å²) < 4.78 is 0. The Kier molecular flexibility index (Phi) is 1.48. The van der Waals surface area contributed by atoms with Gasteiger partial charge in [0.2, 0.25) is 0 Å². The molecule has 0 N–H and O–H groups in total. The molecule has 1 nitrogen and oxygen atoms in total. The van der Waals surface area contributed by atoms with Gasteiger partial charge < -0.3 is 0 Å². The standard InChI is InChI=1S/C14H11N/c1-14(9-15)8-11-6-2-4-10-5-3-7-12(14)13(10)11/h2-7H,8H2,1H3. The molecule has 0 saturated carbocycles. The SMILES string of the molecule is CC1(C#N)Cc2cccc3cccc1c23. The molecule has 2 aromatic carbocycles. The first-order valence-corrected chi connectivity index (χ1v) is 5.17. The maximum atomic E-state index is 9.30. The van der Waals surface area contributed by atoms with Gasteiger partial charge in [-0.15, -0.1) is 0 Å². The molecule has 72 valence electrons. The number of hydrogen-bond donors (Lipinski definition) is 0. The molecule has 1 aliphatic rings. The Bertz CT molecular complexity index is 587.